The Labute approximate surface area is 211 Å². The Hall–Kier alpha value is -0.0900. The predicted octanol–water partition coefficient (Wildman–Crippen LogP) is 9.59. The minimum atomic E-state index is -0.238. The second-order valence-electron chi connectivity index (χ2n) is 9.76. The first kappa shape index (κ1) is 31.9. The number of Topliss-reactive ketones (excluding diaryl/α,β-unsaturated/α-hetero) is 1. The third kappa shape index (κ3) is 15.7. The molecule has 1 atom stereocenters. The molecular weight excluding hydrogens is 430 g/mol. The van der Waals surface area contributed by atoms with Crippen molar-refractivity contribution in [1.29, 1.82) is 0 Å². The highest BCUT2D eigenvalue weighted by Crippen LogP contribution is 2.31. The van der Waals surface area contributed by atoms with Crippen LogP contribution in [0.15, 0.2) is 0 Å². The van der Waals surface area contributed by atoms with Crippen molar-refractivity contribution in [3.63, 3.8) is 0 Å². The van der Waals surface area contributed by atoms with Crippen LogP contribution < -0.4 is 0 Å². The smallest absolute Gasteiger partial charge is 0.139 e. The molecule has 0 amide bonds. The quantitative estimate of drug-likeness (QED) is 0.112. The summed E-state index contributed by atoms with van der Waals surface area (Å²) in [4.78, 5) is 15.1. The van der Waals surface area contributed by atoms with Crippen LogP contribution >= 0.6 is 24.0 Å². The van der Waals surface area contributed by atoms with Gasteiger partial charge < -0.3 is 4.90 Å². The minimum Gasteiger partial charge on any atom is -0.358 e. The Kier molecular flexibility index (Phi) is 21.4. The molecule has 0 aromatic heterocycles. The molecule has 1 unspecified atom stereocenters. The van der Waals surface area contributed by atoms with Gasteiger partial charge in [-0.25, -0.2) is 0 Å². The fourth-order valence-corrected chi connectivity index (χ4v) is 5.82. The van der Waals surface area contributed by atoms with E-state index in [1.165, 1.54) is 89.9 Å². The van der Waals surface area contributed by atoms with E-state index in [-0.39, 0.29) is 5.41 Å². The molecule has 0 bridgehead atoms. The van der Waals surface area contributed by atoms with E-state index in [9.17, 15) is 4.79 Å². The van der Waals surface area contributed by atoms with Crippen molar-refractivity contribution in [1.82, 2.24) is 4.90 Å². The summed E-state index contributed by atoms with van der Waals surface area (Å²) in [7, 11) is 0. The number of thioether (sulfide) groups is 1. The third-order valence-electron chi connectivity index (χ3n) is 7.00. The van der Waals surface area contributed by atoms with Gasteiger partial charge in [0.05, 0.1) is 0 Å². The summed E-state index contributed by atoms with van der Waals surface area (Å²) < 4.78 is 0.939. The molecule has 0 saturated carbocycles. The van der Waals surface area contributed by atoms with Gasteiger partial charge >= 0.3 is 0 Å². The first-order chi connectivity index (χ1) is 15.4. The van der Waals surface area contributed by atoms with Crippen molar-refractivity contribution in [2.45, 2.75) is 144 Å². The fourth-order valence-electron chi connectivity index (χ4n) is 4.13. The maximum absolute atomic E-state index is 12.9. The standard InChI is InChI=1S/C28H55NOS2/c1-6-10-11-12-13-14-15-16-17-18-19-20-21-22-23-24-26(30)28(5,7-2)25-32-27(31)29(8-3)9-4/h6-25H2,1-5H3. The predicted molar refractivity (Wildman–Crippen MR) is 151 cm³/mol. The molecule has 0 aromatic rings. The van der Waals surface area contributed by atoms with Gasteiger partial charge in [0, 0.05) is 30.7 Å². The van der Waals surface area contributed by atoms with Gasteiger partial charge in [-0.15, -0.1) is 0 Å². The van der Waals surface area contributed by atoms with E-state index < -0.39 is 0 Å². The van der Waals surface area contributed by atoms with Crippen molar-refractivity contribution < 1.29 is 4.79 Å². The monoisotopic (exact) mass is 485 g/mol. The number of rotatable bonds is 22. The van der Waals surface area contributed by atoms with Crippen molar-refractivity contribution >= 4 is 34.1 Å². The number of ketones is 1. The summed E-state index contributed by atoms with van der Waals surface area (Å²) in [5.41, 5.74) is -0.238. The van der Waals surface area contributed by atoms with Crippen LogP contribution in [0.25, 0.3) is 0 Å². The lowest BCUT2D eigenvalue weighted by Gasteiger charge is -2.28. The summed E-state index contributed by atoms with van der Waals surface area (Å²) in [5, 5.41) is 0. The highest BCUT2D eigenvalue weighted by molar-refractivity contribution is 8.22. The zero-order valence-corrected chi connectivity index (χ0v) is 23.9. The van der Waals surface area contributed by atoms with Crippen LogP contribution in [0.1, 0.15) is 144 Å². The van der Waals surface area contributed by atoms with Gasteiger partial charge in [-0.2, -0.15) is 0 Å². The molecule has 4 heteroatoms. The Balaban J connectivity index is 3.74. The average Bonchev–Trinajstić information content (AvgIpc) is 2.80. The van der Waals surface area contributed by atoms with Gasteiger partial charge in [0.2, 0.25) is 0 Å². The van der Waals surface area contributed by atoms with Crippen LogP contribution in [-0.4, -0.2) is 33.8 Å². The molecule has 0 aromatic carbocycles. The van der Waals surface area contributed by atoms with Crippen LogP contribution in [0, 0.1) is 5.41 Å². The Bertz CT molecular complexity index is 464. The molecule has 0 N–H and O–H groups in total. The second-order valence-corrected chi connectivity index (χ2v) is 11.4. The summed E-state index contributed by atoms with van der Waals surface area (Å²) in [5.74, 6) is 1.25. The van der Waals surface area contributed by atoms with E-state index in [0.29, 0.717) is 5.78 Å². The molecule has 0 saturated heterocycles. The van der Waals surface area contributed by atoms with Gasteiger partial charge in [0.15, 0.2) is 0 Å². The van der Waals surface area contributed by atoms with Crippen LogP contribution in [0.2, 0.25) is 0 Å². The van der Waals surface area contributed by atoms with Gasteiger partial charge in [0.1, 0.15) is 10.1 Å². The number of thiocarbonyl (C=S) groups is 1. The van der Waals surface area contributed by atoms with Crippen LogP contribution in [0.4, 0.5) is 0 Å². The van der Waals surface area contributed by atoms with E-state index in [4.69, 9.17) is 12.2 Å². The van der Waals surface area contributed by atoms with E-state index in [1.54, 1.807) is 11.8 Å². The molecule has 0 rings (SSSR count). The van der Waals surface area contributed by atoms with Crippen molar-refractivity contribution in [2.24, 2.45) is 5.41 Å². The van der Waals surface area contributed by atoms with E-state index >= 15 is 0 Å². The highest BCUT2D eigenvalue weighted by Gasteiger charge is 2.31. The Morgan fingerprint density at radius 3 is 1.50 bits per heavy atom. The third-order valence-corrected chi connectivity index (χ3v) is 8.90. The average molecular weight is 486 g/mol. The van der Waals surface area contributed by atoms with E-state index in [2.05, 4.69) is 39.5 Å². The molecule has 32 heavy (non-hydrogen) atoms. The number of carbonyl (C=O) groups excluding carboxylic acids is 1. The topological polar surface area (TPSA) is 20.3 Å². The summed E-state index contributed by atoms with van der Waals surface area (Å²) in [6, 6.07) is 0. The lowest BCUT2D eigenvalue weighted by atomic mass is 9.82. The van der Waals surface area contributed by atoms with Gasteiger partial charge in [-0.05, 0) is 26.7 Å². The van der Waals surface area contributed by atoms with Crippen LogP contribution in [-0.2, 0) is 4.79 Å². The summed E-state index contributed by atoms with van der Waals surface area (Å²) in [6.07, 6.45) is 22.1. The largest absolute Gasteiger partial charge is 0.358 e. The molecule has 0 spiro atoms. The lowest BCUT2D eigenvalue weighted by Crippen LogP contribution is -2.33. The van der Waals surface area contributed by atoms with E-state index in [1.807, 2.05) is 0 Å². The number of carbonyl (C=O) groups is 1. The summed E-state index contributed by atoms with van der Waals surface area (Å²) in [6.45, 7) is 12.7. The molecule has 2 nitrogen and oxygen atoms in total. The molecule has 0 fully saturated rings. The van der Waals surface area contributed by atoms with Crippen molar-refractivity contribution in [3.8, 4) is 0 Å². The zero-order chi connectivity index (χ0) is 24.1. The van der Waals surface area contributed by atoms with Crippen LogP contribution in [0.5, 0.6) is 0 Å². The molecule has 0 aliphatic rings. The van der Waals surface area contributed by atoms with Gasteiger partial charge in [-0.3, -0.25) is 4.79 Å². The normalized spacial score (nSPS) is 13.2. The molecule has 0 aliphatic carbocycles. The number of nitrogens with zero attached hydrogens (tertiary/aromatic N) is 1. The van der Waals surface area contributed by atoms with Crippen LogP contribution in [0.3, 0.4) is 0 Å². The SMILES string of the molecule is CCCCCCCCCCCCCCCCCC(=O)C(C)(CC)CSC(=S)N(CC)CC. The number of hydrogen-bond acceptors (Lipinski definition) is 3. The lowest BCUT2D eigenvalue weighted by molar-refractivity contribution is -0.127. The number of hydrogen-bond donors (Lipinski definition) is 0. The Morgan fingerprint density at radius 2 is 1.12 bits per heavy atom. The zero-order valence-electron chi connectivity index (χ0n) is 22.3. The second kappa shape index (κ2) is 21.4. The van der Waals surface area contributed by atoms with Gasteiger partial charge in [0.25, 0.3) is 0 Å². The first-order valence-corrected chi connectivity index (χ1v) is 15.3. The van der Waals surface area contributed by atoms with Gasteiger partial charge in [-0.1, -0.05) is 135 Å². The molecular formula is C28H55NOS2. The maximum Gasteiger partial charge on any atom is 0.139 e. The minimum absolute atomic E-state index is 0.238. The maximum atomic E-state index is 12.9. The molecule has 0 radical (unpaired) electrons. The first-order valence-electron chi connectivity index (χ1n) is 13.9. The molecule has 0 heterocycles. The Morgan fingerprint density at radius 1 is 0.719 bits per heavy atom. The highest BCUT2D eigenvalue weighted by atomic mass is 32.2. The summed E-state index contributed by atoms with van der Waals surface area (Å²) >= 11 is 7.25. The molecule has 190 valence electrons. The molecule has 0 aliphatic heterocycles. The number of unbranched alkanes of at least 4 members (excludes halogenated alkanes) is 14. The van der Waals surface area contributed by atoms with Crippen molar-refractivity contribution in [3.05, 3.63) is 0 Å². The van der Waals surface area contributed by atoms with E-state index in [0.717, 1.165) is 42.4 Å². The van der Waals surface area contributed by atoms with Crippen molar-refractivity contribution in [2.75, 3.05) is 18.8 Å². The fraction of sp³-hybridized carbons (Fsp3) is 0.929.